The van der Waals surface area contributed by atoms with Gasteiger partial charge in [0.05, 0.1) is 0 Å². The van der Waals surface area contributed by atoms with Gasteiger partial charge in [-0.1, -0.05) is 13.8 Å². The highest BCUT2D eigenvalue weighted by Gasteiger charge is 2.21. The third kappa shape index (κ3) is 4.38. The van der Waals surface area contributed by atoms with E-state index >= 15 is 0 Å². The van der Waals surface area contributed by atoms with Crippen molar-refractivity contribution >= 4 is 23.4 Å². The second kappa shape index (κ2) is 6.70. The molecule has 108 valence electrons. The number of nitrogens with one attached hydrogen (secondary N) is 2. The Morgan fingerprint density at radius 2 is 1.65 bits per heavy atom. The van der Waals surface area contributed by atoms with Crippen molar-refractivity contribution in [2.75, 3.05) is 5.32 Å². The van der Waals surface area contributed by atoms with E-state index in [2.05, 4.69) is 10.6 Å². The van der Waals surface area contributed by atoms with E-state index in [-0.39, 0.29) is 11.7 Å². The quantitative estimate of drug-likeness (QED) is 0.711. The number of anilines is 1. The molecule has 0 saturated heterocycles. The van der Waals surface area contributed by atoms with Crippen LogP contribution in [0.15, 0.2) is 24.3 Å². The lowest BCUT2D eigenvalue weighted by molar-refractivity contribution is -0.120. The Hall–Kier alpha value is -2.37. The van der Waals surface area contributed by atoms with E-state index < -0.39 is 18.0 Å². The molecule has 0 radical (unpaired) electrons. The van der Waals surface area contributed by atoms with Crippen LogP contribution in [-0.2, 0) is 4.79 Å². The summed E-state index contributed by atoms with van der Waals surface area (Å²) >= 11 is 0. The largest absolute Gasteiger partial charge is 0.368 e. The number of hydrogen-bond donors (Lipinski definition) is 3. The molecule has 6 heteroatoms. The summed E-state index contributed by atoms with van der Waals surface area (Å²) in [7, 11) is 0. The van der Waals surface area contributed by atoms with Crippen LogP contribution in [0.1, 0.15) is 31.1 Å². The lowest BCUT2D eigenvalue weighted by Gasteiger charge is -2.19. The first-order valence-corrected chi connectivity index (χ1v) is 6.29. The molecule has 0 saturated carbocycles. The summed E-state index contributed by atoms with van der Waals surface area (Å²) in [6.07, 6.45) is 0. The first-order chi connectivity index (χ1) is 9.31. The average Bonchev–Trinajstić information content (AvgIpc) is 2.35. The minimum atomic E-state index is -0.730. The second-order valence-corrected chi connectivity index (χ2v) is 4.86. The number of urea groups is 1. The van der Waals surface area contributed by atoms with Gasteiger partial charge in [0.2, 0.25) is 5.91 Å². The summed E-state index contributed by atoms with van der Waals surface area (Å²) in [5.41, 5.74) is 6.30. The Bertz CT molecular complexity index is 509. The number of benzene rings is 1. The number of primary amides is 1. The van der Waals surface area contributed by atoms with E-state index in [0.29, 0.717) is 11.3 Å². The Balaban J connectivity index is 2.66. The fraction of sp³-hybridized carbons (Fsp3) is 0.357. The van der Waals surface area contributed by atoms with E-state index in [1.54, 1.807) is 38.1 Å². The number of carbonyl (C=O) groups is 3. The van der Waals surface area contributed by atoms with Crippen LogP contribution in [-0.4, -0.2) is 23.8 Å². The SMILES string of the molecule is CC(=O)c1ccc(NC(=O)NC(C(N)=O)C(C)C)cc1. The third-order valence-electron chi connectivity index (χ3n) is 2.81. The highest BCUT2D eigenvalue weighted by atomic mass is 16.2. The molecule has 20 heavy (non-hydrogen) atoms. The molecule has 0 aliphatic carbocycles. The van der Waals surface area contributed by atoms with Crippen LogP contribution in [0.3, 0.4) is 0 Å². The first kappa shape index (κ1) is 15.7. The predicted octanol–water partition coefficient (Wildman–Crippen LogP) is 1.52. The zero-order valence-corrected chi connectivity index (χ0v) is 11.8. The van der Waals surface area contributed by atoms with Gasteiger partial charge in [0.1, 0.15) is 6.04 Å². The van der Waals surface area contributed by atoms with Crippen LogP contribution >= 0.6 is 0 Å². The van der Waals surface area contributed by atoms with Crippen molar-refractivity contribution in [3.05, 3.63) is 29.8 Å². The molecule has 3 amide bonds. The highest BCUT2D eigenvalue weighted by molar-refractivity contribution is 5.96. The van der Waals surface area contributed by atoms with E-state index in [0.717, 1.165) is 0 Å². The molecule has 6 nitrogen and oxygen atoms in total. The van der Waals surface area contributed by atoms with E-state index in [4.69, 9.17) is 5.73 Å². The number of Topliss-reactive ketones (excluding diaryl/α,β-unsaturated/α-hetero) is 1. The summed E-state index contributed by atoms with van der Waals surface area (Å²) < 4.78 is 0. The molecule has 0 bridgehead atoms. The van der Waals surface area contributed by atoms with Crippen molar-refractivity contribution in [1.82, 2.24) is 5.32 Å². The zero-order chi connectivity index (χ0) is 15.3. The summed E-state index contributed by atoms with van der Waals surface area (Å²) in [5.74, 6) is -0.727. The molecule has 1 aromatic carbocycles. The summed E-state index contributed by atoms with van der Waals surface area (Å²) in [6.45, 7) is 5.05. The van der Waals surface area contributed by atoms with Gasteiger partial charge in [-0.15, -0.1) is 0 Å². The van der Waals surface area contributed by atoms with Crippen molar-refractivity contribution in [3.8, 4) is 0 Å². The molecule has 0 heterocycles. The molecule has 1 rings (SSSR count). The number of hydrogen-bond acceptors (Lipinski definition) is 3. The van der Waals surface area contributed by atoms with Crippen molar-refractivity contribution in [3.63, 3.8) is 0 Å². The van der Waals surface area contributed by atoms with Crippen LogP contribution in [0.4, 0.5) is 10.5 Å². The highest BCUT2D eigenvalue weighted by Crippen LogP contribution is 2.10. The Morgan fingerprint density at radius 1 is 1.10 bits per heavy atom. The van der Waals surface area contributed by atoms with Gasteiger partial charge in [-0.2, -0.15) is 0 Å². The molecular weight excluding hydrogens is 258 g/mol. The van der Waals surface area contributed by atoms with Crippen LogP contribution in [0.25, 0.3) is 0 Å². The minimum absolute atomic E-state index is 0.0467. The standard InChI is InChI=1S/C14H19N3O3/c1-8(2)12(13(15)19)17-14(20)16-11-6-4-10(5-7-11)9(3)18/h4-8,12H,1-3H3,(H2,15,19)(H2,16,17,20). The zero-order valence-electron chi connectivity index (χ0n) is 11.8. The maximum Gasteiger partial charge on any atom is 0.319 e. The minimum Gasteiger partial charge on any atom is -0.368 e. The Labute approximate surface area is 117 Å². The summed E-state index contributed by atoms with van der Waals surface area (Å²) in [6, 6.07) is 5.22. The fourth-order valence-electron chi connectivity index (χ4n) is 1.66. The molecule has 1 aromatic rings. The van der Waals surface area contributed by atoms with Crippen molar-refractivity contribution in [1.29, 1.82) is 0 Å². The molecule has 1 unspecified atom stereocenters. The Kier molecular flexibility index (Phi) is 5.25. The number of amides is 3. The number of carbonyl (C=O) groups excluding carboxylic acids is 3. The van der Waals surface area contributed by atoms with E-state index in [1.165, 1.54) is 6.92 Å². The van der Waals surface area contributed by atoms with E-state index in [9.17, 15) is 14.4 Å². The van der Waals surface area contributed by atoms with Gasteiger partial charge < -0.3 is 16.4 Å². The van der Waals surface area contributed by atoms with Gasteiger partial charge in [-0.3, -0.25) is 9.59 Å². The van der Waals surface area contributed by atoms with Crippen molar-refractivity contribution in [2.24, 2.45) is 11.7 Å². The van der Waals surface area contributed by atoms with E-state index in [1.807, 2.05) is 0 Å². The predicted molar refractivity (Wildman–Crippen MR) is 76.4 cm³/mol. The maximum atomic E-state index is 11.8. The third-order valence-corrected chi connectivity index (χ3v) is 2.81. The van der Waals surface area contributed by atoms with Gasteiger partial charge >= 0.3 is 6.03 Å². The normalized spacial score (nSPS) is 11.8. The summed E-state index contributed by atoms with van der Waals surface area (Å²) in [4.78, 5) is 34.1. The molecule has 0 aromatic heterocycles. The van der Waals surface area contributed by atoms with Gasteiger partial charge in [-0.05, 0) is 37.1 Å². The summed E-state index contributed by atoms with van der Waals surface area (Å²) in [5, 5.41) is 5.09. The van der Waals surface area contributed by atoms with Gasteiger partial charge in [0, 0.05) is 11.3 Å². The molecule has 4 N–H and O–H groups in total. The first-order valence-electron chi connectivity index (χ1n) is 6.29. The lowest BCUT2D eigenvalue weighted by atomic mass is 10.0. The smallest absolute Gasteiger partial charge is 0.319 e. The molecule has 0 aliphatic heterocycles. The lowest BCUT2D eigenvalue weighted by Crippen LogP contribution is -2.49. The van der Waals surface area contributed by atoms with Crippen LogP contribution in [0.5, 0.6) is 0 Å². The molecular formula is C14H19N3O3. The Morgan fingerprint density at radius 3 is 2.05 bits per heavy atom. The van der Waals surface area contributed by atoms with Crippen molar-refractivity contribution < 1.29 is 14.4 Å². The maximum absolute atomic E-state index is 11.8. The monoisotopic (exact) mass is 277 g/mol. The molecule has 1 atom stereocenters. The average molecular weight is 277 g/mol. The number of nitrogens with two attached hydrogens (primary N) is 1. The van der Waals surface area contributed by atoms with Crippen LogP contribution in [0.2, 0.25) is 0 Å². The van der Waals surface area contributed by atoms with Crippen LogP contribution in [0, 0.1) is 5.92 Å². The fourth-order valence-corrected chi connectivity index (χ4v) is 1.66. The molecule has 0 spiro atoms. The number of ketones is 1. The topological polar surface area (TPSA) is 101 Å². The van der Waals surface area contributed by atoms with Gasteiger partial charge in [0.15, 0.2) is 5.78 Å². The van der Waals surface area contributed by atoms with Crippen LogP contribution < -0.4 is 16.4 Å². The second-order valence-electron chi connectivity index (χ2n) is 4.86. The van der Waals surface area contributed by atoms with Gasteiger partial charge in [-0.25, -0.2) is 4.79 Å². The molecule has 0 fully saturated rings. The van der Waals surface area contributed by atoms with Gasteiger partial charge in [0.25, 0.3) is 0 Å². The molecule has 0 aliphatic rings. The number of rotatable bonds is 5. The van der Waals surface area contributed by atoms with Crippen molar-refractivity contribution in [2.45, 2.75) is 26.8 Å².